The van der Waals surface area contributed by atoms with Crippen LogP contribution in [0.2, 0.25) is 0 Å². The highest BCUT2D eigenvalue weighted by molar-refractivity contribution is 7.80. The van der Waals surface area contributed by atoms with E-state index in [2.05, 4.69) is 65.3 Å². The molecule has 4 nitrogen and oxygen atoms in total. The molecule has 0 saturated carbocycles. The Kier molecular flexibility index (Phi) is 5.96. The number of thiocarbonyl (C=S) groups is 1. The van der Waals surface area contributed by atoms with Crippen LogP contribution >= 0.6 is 12.2 Å². The smallest absolute Gasteiger partial charge is 0.173 e. The van der Waals surface area contributed by atoms with Crippen molar-refractivity contribution in [3.8, 4) is 0 Å². The van der Waals surface area contributed by atoms with E-state index < -0.39 is 0 Å². The predicted molar refractivity (Wildman–Crippen MR) is 94.0 cm³/mol. The highest BCUT2D eigenvalue weighted by atomic mass is 32.1. The minimum atomic E-state index is 0.841. The van der Waals surface area contributed by atoms with Gasteiger partial charge in [-0.2, -0.15) is 0 Å². The Labute approximate surface area is 133 Å². The first-order valence-electron chi connectivity index (χ1n) is 7.54. The first-order chi connectivity index (χ1) is 10.0. The lowest BCUT2D eigenvalue weighted by molar-refractivity contribution is 0.170. The number of likely N-dealkylation sites (N-methyl/N-ethyl adjacent to an activating group) is 1. The van der Waals surface area contributed by atoms with E-state index in [0.29, 0.717) is 0 Å². The molecule has 0 atom stereocenters. The van der Waals surface area contributed by atoms with Crippen LogP contribution in [0.4, 0.5) is 5.69 Å². The van der Waals surface area contributed by atoms with E-state index in [1.165, 1.54) is 5.56 Å². The van der Waals surface area contributed by atoms with Crippen molar-refractivity contribution in [3.63, 3.8) is 0 Å². The summed E-state index contributed by atoms with van der Waals surface area (Å²) in [6.07, 6.45) is 0. The summed E-state index contributed by atoms with van der Waals surface area (Å²) in [6, 6.07) is 8.34. The number of hydrogen-bond donors (Lipinski definition) is 1. The van der Waals surface area contributed by atoms with Gasteiger partial charge in [0.15, 0.2) is 5.11 Å². The summed E-state index contributed by atoms with van der Waals surface area (Å²) in [5.74, 6) is 0. The van der Waals surface area contributed by atoms with Crippen molar-refractivity contribution in [3.05, 3.63) is 29.8 Å². The molecule has 0 aliphatic carbocycles. The third-order valence-electron chi connectivity index (χ3n) is 3.79. The fourth-order valence-electron chi connectivity index (χ4n) is 2.44. The monoisotopic (exact) mass is 306 g/mol. The molecule has 116 valence electrons. The van der Waals surface area contributed by atoms with E-state index in [-0.39, 0.29) is 0 Å². The summed E-state index contributed by atoms with van der Waals surface area (Å²) in [5.41, 5.74) is 2.33. The SMILES string of the molecule is Cc1cccc(NC(=S)N2CCN(CCN(C)C)CC2)c1. The van der Waals surface area contributed by atoms with Crippen LogP contribution in [0, 0.1) is 6.92 Å². The lowest BCUT2D eigenvalue weighted by Crippen LogP contribution is -2.51. The number of hydrogen-bond acceptors (Lipinski definition) is 3. The zero-order valence-corrected chi connectivity index (χ0v) is 14.1. The molecular weight excluding hydrogens is 280 g/mol. The molecule has 1 saturated heterocycles. The molecule has 1 N–H and O–H groups in total. The number of benzene rings is 1. The summed E-state index contributed by atoms with van der Waals surface area (Å²) in [7, 11) is 4.24. The summed E-state index contributed by atoms with van der Waals surface area (Å²) in [6.45, 7) is 8.53. The van der Waals surface area contributed by atoms with Gasteiger partial charge in [0.25, 0.3) is 0 Å². The van der Waals surface area contributed by atoms with Crippen LogP contribution in [0.15, 0.2) is 24.3 Å². The van der Waals surface area contributed by atoms with Crippen LogP contribution in [0.1, 0.15) is 5.56 Å². The zero-order chi connectivity index (χ0) is 15.2. The summed E-state index contributed by atoms with van der Waals surface area (Å²) < 4.78 is 0. The van der Waals surface area contributed by atoms with Crippen molar-refractivity contribution in [2.75, 3.05) is 58.7 Å². The molecule has 5 heteroatoms. The Morgan fingerprint density at radius 2 is 1.95 bits per heavy atom. The first-order valence-corrected chi connectivity index (χ1v) is 7.95. The Balaban J connectivity index is 1.78. The second kappa shape index (κ2) is 7.73. The Hall–Kier alpha value is -1.17. The van der Waals surface area contributed by atoms with Crippen molar-refractivity contribution < 1.29 is 0 Å². The van der Waals surface area contributed by atoms with Crippen molar-refractivity contribution in [2.45, 2.75) is 6.92 Å². The predicted octanol–water partition coefficient (Wildman–Crippen LogP) is 1.87. The normalized spacial score (nSPS) is 16.3. The van der Waals surface area contributed by atoms with E-state index in [1.807, 2.05) is 0 Å². The first kappa shape index (κ1) is 16.2. The fourth-order valence-corrected chi connectivity index (χ4v) is 2.74. The molecule has 1 aromatic carbocycles. The maximum absolute atomic E-state index is 5.53. The van der Waals surface area contributed by atoms with Gasteiger partial charge in [-0.15, -0.1) is 0 Å². The van der Waals surface area contributed by atoms with Crippen LogP contribution in [0.5, 0.6) is 0 Å². The molecule has 21 heavy (non-hydrogen) atoms. The lowest BCUT2D eigenvalue weighted by atomic mass is 10.2. The number of aryl methyl sites for hydroxylation is 1. The average Bonchev–Trinajstić information content (AvgIpc) is 2.45. The van der Waals surface area contributed by atoms with Gasteiger partial charge in [-0.1, -0.05) is 12.1 Å². The zero-order valence-electron chi connectivity index (χ0n) is 13.3. The van der Waals surface area contributed by atoms with Gasteiger partial charge in [-0.05, 0) is 50.9 Å². The summed E-state index contributed by atoms with van der Waals surface area (Å²) >= 11 is 5.53. The fraction of sp³-hybridized carbons (Fsp3) is 0.562. The largest absolute Gasteiger partial charge is 0.346 e. The topological polar surface area (TPSA) is 21.8 Å². The molecule has 1 aliphatic heterocycles. The second-order valence-electron chi connectivity index (χ2n) is 5.93. The van der Waals surface area contributed by atoms with Crippen LogP contribution in [-0.4, -0.2) is 73.2 Å². The molecule has 0 amide bonds. The Bertz CT molecular complexity index is 467. The molecular formula is C16H26N4S. The molecule has 1 aliphatic rings. The Morgan fingerprint density at radius 3 is 2.57 bits per heavy atom. The number of piperazine rings is 1. The van der Waals surface area contributed by atoms with E-state index in [1.54, 1.807) is 0 Å². The summed E-state index contributed by atoms with van der Waals surface area (Å²) in [5, 5.41) is 4.19. The maximum atomic E-state index is 5.53. The van der Waals surface area contributed by atoms with E-state index >= 15 is 0 Å². The number of rotatable bonds is 4. The minimum absolute atomic E-state index is 0.841. The van der Waals surface area contributed by atoms with Gasteiger partial charge in [0.2, 0.25) is 0 Å². The number of anilines is 1. The van der Waals surface area contributed by atoms with E-state index in [4.69, 9.17) is 12.2 Å². The van der Waals surface area contributed by atoms with Gasteiger partial charge in [0.05, 0.1) is 0 Å². The van der Waals surface area contributed by atoms with Crippen LogP contribution in [0.3, 0.4) is 0 Å². The van der Waals surface area contributed by atoms with Gasteiger partial charge in [-0.3, -0.25) is 4.90 Å². The van der Waals surface area contributed by atoms with Gasteiger partial charge in [-0.25, -0.2) is 0 Å². The van der Waals surface area contributed by atoms with Crippen LogP contribution in [-0.2, 0) is 0 Å². The molecule has 0 radical (unpaired) electrons. The van der Waals surface area contributed by atoms with Crippen molar-refractivity contribution in [1.82, 2.24) is 14.7 Å². The van der Waals surface area contributed by atoms with Crippen LogP contribution < -0.4 is 5.32 Å². The second-order valence-corrected chi connectivity index (χ2v) is 6.32. The molecule has 0 aromatic heterocycles. The quantitative estimate of drug-likeness (QED) is 0.855. The third-order valence-corrected chi connectivity index (χ3v) is 4.15. The van der Waals surface area contributed by atoms with Crippen molar-refractivity contribution >= 4 is 23.0 Å². The van der Waals surface area contributed by atoms with Gasteiger partial charge >= 0.3 is 0 Å². The minimum Gasteiger partial charge on any atom is -0.346 e. The van der Waals surface area contributed by atoms with Gasteiger partial charge in [0.1, 0.15) is 0 Å². The number of nitrogens with zero attached hydrogens (tertiary/aromatic N) is 3. The molecule has 0 unspecified atom stereocenters. The molecule has 1 fully saturated rings. The van der Waals surface area contributed by atoms with Gasteiger partial charge < -0.3 is 15.1 Å². The number of nitrogens with one attached hydrogen (secondary N) is 1. The molecule has 0 bridgehead atoms. The highest BCUT2D eigenvalue weighted by Crippen LogP contribution is 2.11. The van der Waals surface area contributed by atoms with Crippen molar-refractivity contribution in [1.29, 1.82) is 0 Å². The Morgan fingerprint density at radius 1 is 1.24 bits per heavy atom. The summed E-state index contributed by atoms with van der Waals surface area (Å²) in [4.78, 5) is 7.01. The molecule has 1 aromatic rings. The van der Waals surface area contributed by atoms with E-state index in [0.717, 1.165) is 50.1 Å². The molecule has 2 rings (SSSR count). The standard InChI is InChI=1S/C16H26N4S/c1-14-5-4-6-15(13-14)17-16(21)20-11-9-19(10-12-20)8-7-18(2)3/h4-6,13H,7-12H2,1-3H3,(H,17,21). The average molecular weight is 306 g/mol. The maximum Gasteiger partial charge on any atom is 0.173 e. The lowest BCUT2D eigenvalue weighted by Gasteiger charge is -2.36. The molecule has 1 heterocycles. The van der Waals surface area contributed by atoms with Crippen LogP contribution in [0.25, 0.3) is 0 Å². The highest BCUT2D eigenvalue weighted by Gasteiger charge is 2.18. The van der Waals surface area contributed by atoms with E-state index in [9.17, 15) is 0 Å². The van der Waals surface area contributed by atoms with Gasteiger partial charge in [0, 0.05) is 45.0 Å². The molecule has 0 spiro atoms. The third kappa shape index (κ3) is 5.26. The van der Waals surface area contributed by atoms with Crippen molar-refractivity contribution in [2.24, 2.45) is 0 Å².